The van der Waals surface area contributed by atoms with Crippen LogP contribution < -0.4 is 28.7 Å². The minimum atomic E-state index is 0.202. The molecule has 6 nitrogen and oxygen atoms in total. The van der Waals surface area contributed by atoms with Crippen LogP contribution in [0.25, 0.3) is 0 Å². The summed E-state index contributed by atoms with van der Waals surface area (Å²) in [5.41, 5.74) is 7.75. The fourth-order valence-corrected chi connectivity index (χ4v) is 8.88. The minimum Gasteiger partial charge on any atom is -0.493 e. The Bertz CT molecular complexity index is 1590. The van der Waals surface area contributed by atoms with Crippen LogP contribution in [0.1, 0.15) is 47.2 Å². The second-order valence-corrected chi connectivity index (χ2v) is 14.4. The van der Waals surface area contributed by atoms with Crippen LogP contribution in [0, 0.1) is 11.8 Å². The van der Waals surface area contributed by atoms with Gasteiger partial charge in [-0.05, 0) is 71.9 Å². The number of ether oxygens (including phenoxy) is 4. The van der Waals surface area contributed by atoms with E-state index < -0.39 is 0 Å². The van der Waals surface area contributed by atoms with Gasteiger partial charge in [-0.15, -0.1) is 23.2 Å². The zero-order chi connectivity index (χ0) is 33.4. The molecule has 4 aromatic carbocycles. The molecule has 6 atom stereocenters. The Morgan fingerprint density at radius 2 is 0.875 bits per heavy atom. The monoisotopic (exact) mass is 686 g/mol. The Morgan fingerprint density at radius 3 is 1.23 bits per heavy atom. The van der Waals surface area contributed by atoms with Crippen LogP contribution >= 0.6 is 23.2 Å². The molecule has 8 rings (SSSR count). The van der Waals surface area contributed by atoms with Gasteiger partial charge in [0.05, 0.1) is 40.5 Å². The van der Waals surface area contributed by atoms with Crippen molar-refractivity contribution in [3.05, 3.63) is 107 Å². The van der Waals surface area contributed by atoms with Gasteiger partial charge in [-0.25, -0.2) is 0 Å². The number of alkyl halides is 2. The van der Waals surface area contributed by atoms with E-state index in [2.05, 4.69) is 94.7 Å². The molecule has 0 spiro atoms. The number of anilines is 2. The van der Waals surface area contributed by atoms with Gasteiger partial charge in [-0.3, -0.25) is 0 Å². The Balaban J connectivity index is 0.000000152. The smallest absolute Gasteiger partial charge is 0.162 e. The largest absolute Gasteiger partial charge is 0.493 e. The average Bonchev–Trinajstić information content (AvgIpc) is 3.14. The predicted molar refractivity (Wildman–Crippen MR) is 195 cm³/mol. The van der Waals surface area contributed by atoms with Crippen LogP contribution in [-0.4, -0.2) is 52.3 Å². The SMILES string of the molecule is COc1cc2c(cc1OC)N1C[C@@H](C2)[C@@H](Cl)C[C@H]1c1ccccc1.COc1cc2c(cc1OC)N1C[C@H](C2)[C@H](Cl)C[C@@H]1c1ccccc1. The quantitative estimate of drug-likeness (QED) is 0.189. The topological polar surface area (TPSA) is 43.4 Å². The number of hydrogen-bond acceptors (Lipinski definition) is 6. The summed E-state index contributed by atoms with van der Waals surface area (Å²) in [5, 5.41) is 0.403. The maximum atomic E-state index is 6.74. The second-order valence-electron chi connectivity index (χ2n) is 13.3. The fraction of sp³-hybridized carbons (Fsp3) is 0.400. The summed E-state index contributed by atoms with van der Waals surface area (Å²) in [6.45, 7) is 1.99. The van der Waals surface area contributed by atoms with Crippen LogP contribution in [0.5, 0.6) is 23.0 Å². The zero-order valence-electron chi connectivity index (χ0n) is 28.1. The molecule has 0 aliphatic carbocycles. The molecule has 4 aliphatic rings. The highest BCUT2D eigenvalue weighted by molar-refractivity contribution is 6.21. The Kier molecular flexibility index (Phi) is 9.57. The maximum Gasteiger partial charge on any atom is 0.162 e. The molecule has 2 fully saturated rings. The summed E-state index contributed by atoms with van der Waals surface area (Å²) in [6, 6.07) is 30.4. The molecule has 252 valence electrons. The van der Waals surface area contributed by atoms with Crippen molar-refractivity contribution in [3.8, 4) is 23.0 Å². The first-order valence-corrected chi connectivity index (χ1v) is 17.7. The number of piperidine rings is 2. The molecule has 4 bridgehead atoms. The van der Waals surface area contributed by atoms with E-state index in [4.69, 9.17) is 42.1 Å². The van der Waals surface area contributed by atoms with Crippen molar-refractivity contribution in [2.75, 3.05) is 51.3 Å². The van der Waals surface area contributed by atoms with E-state index in [1.54, 1.807) is 28.4 Å². The van der Waals surface area contributed by atoms with E-state index >= 15 is 0 Å². The number of fused-ring (bicyclic) bond motifs is 8. The summed E-state index contributed by atoms with van der Waals surface area (Å²) in [4.78, 5) is 5.00. The molecule has 0 unspecified atom stereocenters. The number of halogens is 2. The lowest BCUT2D eigenvalue weighted by atomic mass is 9.80. The van der Waals surface area contributed by atoms with Crippen molar-refractivity contribution >= 4 is 34.6 Å². The van der Waals surface area contributed by atoms with Gasteiger partial charge >= 0.3 is 0 Å². The highest BCUT2D eigenvalue weighted by atomic mass is 35.5. The fourth-order valence-electron chi connectivity index (χ4n) is 8.20. The lowest BCUT2D eigenvalue weighted by Gasteiger charge is -2.48. The molecule has 0 aromatic heterocycles. The Labute approximate surface area is 294 Å². The molecular weight excluding hydrogens is 643 g/mol. The van der Waals surface area contributed by atoms with Crippen molar-refractivity contribution in [1.29, 1.82) is 0 Å². The number of hydrogen-bond donors (Lipinski definition) is 0. The van der Waals surface area contributed by atoms with Crippen LogP contribution in [0.3, 0.4) is 0 Å². The summed E-state index contributed by atoms with van der Waals surface area (Å²) in [7, 11) is 6.75. The van der Waals surface area contributed by atoms with Crippen molar-refractivity contribution < 1.29 is 18.9 Å². The molecule has 0 saturated carbocycles. The minimum absolute atomic E-state index is 0.202. The molecular formula is C40H44Cl2N2O4. The molecule has 0 amide bonds. The average molecular weight is 688 g/mol. The summed E-state index contributed by atoms with van der Waals surface area (Å²) in [6.07, 6.45) is 3.96. The first-order chi connectivity index (χ1) is 23.4. The Morgan fingerprint density at radius 1 is 0.521 bits per heavy atom. The Hall–Kier alpha value is -3.74. The highest BCUT2D eigenvalue weighted by Gasteiger charge is 2.41. The van der Waals surface area contributed by atoms with E-state index in [1.807, 2.05) is 0 Å². The van der Waals surface area contributed by atoms with E-state index in [0.29, 0.717) is 23.9 Å². The molecule has 8 heteroatoms. The molecule has 4 aliphatic heterocycles. The molecule has 4 heterocycles. The summed E-state index contributed by atoms with van der Waals surface area (Å²) >= 11 is 13.5. The van der Waals surface area contributed by atoms with Crippen molar-refractivity contribution in [2.24, 2.45) is 11.8 Å². The van der Waals surface area contributed by atoms with Gasteiger partial charge < -0.3 is 28.7 Å². The van der Waals surface area contributed by atoms with E-state index in [9.17, 15) is 0 Å². The van der Waals surface area contributed by atoms with Gasteiger partial charge in [-0.2, -0.15) is 0 Å². The van der Waals surface area contributed by atoms with Gasteiger partial charge in [-0.1, -0.05) is 60.7 Å². The van der Waals surface area contributed by atoms with Crippen molar-refractivity contribution in [2.45, 2.75) is 48.5 Å². The number of nitrogens with zero attached hydrogens (tertiary/aromatic N) is 2. The van der Waals surface area contributed by atoms with Crippen LogP contribution in [-0.2, 0) is 12.8 Å². The van der Waals surface area contributed by atoms with Gasteiger partial charge in [0.2, 0.25) is 0 Å². The third-order valence-electron chi connectivity index (χ3n) is 10.7. The van der Waals surface area contributed by atoms with E-state index in [-0.39, 0.29) is 10.8 Å². The number of benzene rings is 4. The molecule has 2 saturated heterocycles. The van der Waals surface area contributed by atoms with E-state index in [1.165, 1.54) is 33.6 Å². The third-order valence-corrected chi connectivity index (χ3v) is 11.7. The maximum absolute atomic E-state index is 6.74. The van der Waals surface area contributed by atoms with Crippen LogP contribution in [0.2, 0.25) is 0 Å². The summed E-state index contributed by atoms with van der Waals surface area (Å²) in [5.74, 6) is 4.12. The predicted octanol–water partition coefficient (Wildman–Crippen LogP) is 8.87. The molecule has 48 heavy (non-hydrogen) atoms. The second kappa shape index (κ2) is 14.0. The van der Waals surface area contributed by atoms with Crippen LogP contribution in [0.4, 0.5) is 11.4 Å². The first kappa shape index (κ1) is 32.8. The number of methoxy groups -OCH3 is 4. The standard InChI is InChI=1S/2C20H22ClNO2/c2*1-23-19-9-14-8-15-12-22(18(14)11-20(19)24-2)17(10-16(15)21)13-6-4-3-5-7-13/h2*3-7,9,11,15-17H,8,10,12H2,1-2H3/t2*15-,16+,17+/m10/s1. The van der Waals surface area contributed by atoms with Gasteiger partial charge in [0.25, 0.3) is 0 Å². The lowest BCUT2D eigenvalue weighted by Crippen LogP contribution is -2.47. The summed E-state index contributed by atoms with van der Waals surface area (Å²) < 4.78 is 22.0. The van der Waals surface area contributed by atoms with Crippen LogP contribution in [0.15, 0.2) is 84.9 Å². The highest BCUT2D eigenvalue weighted by Crippen LogP contribution is 2.50. The van der Waals surface area contributed by atoms with Crippen molar-refractivity contribution in [1.82, 2.24) is 0 Å². The zero-order valence-corrected chi connectivity index (χ0v) is 29.6. The number of rotatable bonds is 6. The lowest BCUT2D eigenvalue weighted by molar-refractivity contribution is 0.338. The van der Waals surface area contributed by atoms with E-state index in [0.717, 1.165) is 61.8 Å². The molecule has 0 radical (unpaired) electrons. The molecule has 4 aromatic rings. The van der Waals surface area contributed by atoms with Gasteiger partial charge in [0, 0.05) is 47.4 Å². The third kappa shape index (κ3) is 6.14. The molecule has 0 N–H and O–H groups in total. The van der Waals surface area contributed by atoms with Gasteiger partial charge in [0.1, 0.15) is 0 Å². The first-order valence-electron chi connectivity index (χ1n) is 16.8. The van der Waals surface area contributed by atoms with Crippen molar-refractivity contribution in [3.63, 3.8) is 0 Å². The van der Waals surface area contributed by atoms with Gasteiger partial charge in [0.15, 0.2) is 23.0 Å². The normalized spacial score (nSPS) is 25.1.